The van der Waals surface area contributed by atoms with Gasteiger partial charge in [0.1, 0.15) is 6.04 Å². The summed E-state index contributed by atoms with van der Waals surface area (Å²) in [5, 5.41) is 2.74. The minimum Gasteiger partial charge on any atom is -0.467 e. The summed E-state index contributed by atoms with van der Waals surface area (Å²) in [4.78, 5) is 47.1. The zero-order valence-corrected chi connectivity index (χ0v) is 23.7. The average molecular weight is 537 g/mol. The minimum absolute atomic E-state index is 0.0197. The molecule has 3 fully saturated rings. The largest absolute Gasteiger partial charge is 0.467 e. The first-order chi connectivity index (χ1) is 18.9. The maximum atomic E-state index is 14.0. The van der Waals surface area contributed by atoms with Crippen LogP contribution in [0.5, 0.6) is 0 Å². The maximum absolute atomic E-state index is 14.0. The summed E-state index contributed by atoms with van der Waals surface area (Å²) >= 11 is 0. The van der Waals surface area contributed by atoms with Crippen LogP contribution < -0.4 is 10.9 Å². The Bertz CT molecular complexity index is 1220. The van der Waals surface area contributed by atoms with Gasteiger partial charge in [0.2, 0.25) is 0 Å². The number of piperidine rings is 1. The number of aromatic nitrogens is 2. The van der Waals surface area contributed by atoms with E-state index in [-0.39, 0.29) is 23.2 Å². The van der Waals surface area contributed by atoms with Crippen molar-refractivity contribution in [3.63, 3.8) is 0 Å². The van der Waals surface area contributed by atoms with Gasteiger partial charge < -0.3 is 14.6 Å². The number of benzene rings is 1. The number of hydrogen-bond acceptors (Lipinski definition) is 6. The molecule has 8 heteroatoms. The van der Waals surface area contributed by atoms with Gasteiger partial charge in [-0.1, -0.05) is 58.1 Å². The monoisotopic (exact) mass is 536 g/mol. The Morgan fingerprint density at radius 3 is 2.23 bits per heavy atom. The Morgan fingerprint density at radius 2 is 1.59 bits per heavy atom. The van der Waals surface area contributed by atoms with Crippen molar-refractivity contribution in [2.75, 3.05) is 7.11 Å². The highest BCUT2D eigenvalue weighted by Gasteiger charge is 2.44. The number of carbonyl (C=O) groups excluding carboxylic acids is 2. The van der Waals surface area contributed by atoms with E-state index < -0.39 is 17.9 Å². The second-order valence-electron chi connectivity index (χ2n) is 12.3. The first kappa shape index (κ1) is 27.8. The molecule has 5 rings (SSSR count). The summed E-state index contributed by atoms with van der Waals surface area (Å²) in [6.45, 7) is 3.95. The van der Waals surface area contributed by atoms with Crippen LogP contribution in [0.25, 0.3) is 11.0 Å². The average Bonchev–Trinajstić information content (AvgIpc) is 3.15. The number of nitrogens with zero attached hydrogens (tertiary/aromatic N) is 3. The van der Waals surface area contributed by atoms with Crippen LogP contribution in [0.2, 0.25) is 0 Å². The van der Waals surface area contributed by atoms with Crippen LogP contribution >= 0.6 is 0 Å². The number of para-hydroxylation sites is 2. The van der Waals surface area contributed by atoms with E-state index in [0.717, 1.165) is 18.4 Å². The molecule has 2 aromatic rings. The molecule has 8 nitrogen and oxygen atoms in total. The van der Waals surface area contributed by atoms with Gasteiger partial charge in [0.15, 0.2) is 5.69 Å². The number of fused-ring (bicyclic) bond motifs is 3. The molecule has 3 aliphatic rings. The van der Waals surface area contributed by atoms with E-state index in [1.165, 1.54) is 64.9 Å². The van der Waals surface area contributed by atoms with Crippen LogP contribution in [0.3, 0.4) is 0 Å². The van der Waals surface area contributed by atoms with E-state index in [0.29, 0.717) is 30.1 Å². The number of rotatable bonds is 7. The van der Waals surface area contributed by atoms with Gasteiger partial charge in [-0.2, -0.15) is 0 Å². The molecule has 1 saturated carbocycles. The lowest BCUT2D eigenvalue weighted by molar-refractivity contribution is -0.143. The van der Waals surface area contributed by atoms with Crippen molar-refractivity contribution in [2.45, 2.75) is 121 Å². The number of nitrogens with one attached hydrogen (secondary N) is 1. The Balaban J connectivity index is 1.44. The molecule has 2 bridgehead atoms. The van der Waals surface area contributed by atoms with Crippen molar-refractivity contribution in [1.82, 2.24) is 19.8 Å². The molecule has 1 N–H and O–H groups in total. The van der Waals surface area contributed by atoms with Crippen LogP contribution in [0, 0.1) is 5.92 Å². The molecule has 1 amide bonds. The molecule has 2 saturated heterocycles. The number of carbonyl (C=O) groups is 2. The standard InChI is InChI=1S/C31H44N4O4/c1-20(2)17-26(31(38)39-3)33-29(36)28-30(37)35(27-14-10-9-13-25(27)32-28)24-18-22-15-16-23(19-24)34(22)21-11-7-5-4-6-8-12-21/h9-10,13-14,20-24,26H,4-8,11-12,15-19H2,1-3H3,(H,33,36)/t22-,23+,24+,26?. The number of esters is 1. The van der Waals surface area contributed by atoms with Gasteiger partial charge in [0.05, 0.1) is 18.1 Å². The van der Waals surface area contributed by atoms with E-state index in [2.05, 4.69) is 15.2 Å². The molecular formula is C31H44N4O4. The first-order valence-electron chi connectivity index (χ1n) is 15.0. The molecule has 212 valence electrons. The molecule has 2 aliphatic heterocycles. The second-order valence-corrected chi connectivity index (χ2v) is 12.3. The summed E-state index contributed by atoms with van der Waals surface area (Å²) in [7, 11) is 1.31. The zero-order chi connectivity index (χ0) is 27.5. The van der Waals surface area contributed by atoms with Crippen molar-refractivity contribution in [1.29, 1.82) is 0 Å². The smallest absolute Gasteiger partial charge is 0.328 e. The Kier molecular flexibility index (Phi) is 8.70. The fourth-order valence-corrected chi connectivity index (χ4v) is 7.44. The van der Waals surface area contributed by atoms with Gasteiger partial charge in [-0.25, -0.2) is 9.78 Å². The second kappa shape index (κ2) is 12.2. The highest BCUT2D eigenvalue weighted by Crippen LogP contribution is 2.44. The van der Waals surface area contributed by atoms with Gasteiger partial charge in [-0.3, -0.25) is 14.5 Å². The Labute approximate surface area is 231 Å². The fourth-order valence-electron chi connectivity index (χ4n) is 7.44. The summed E-state index contributed by atoms with van der Waals surface area (Å²) in [5.74, 6) is -0.976. The van der Waals surface area contributed by atoms with Gasteiger partial charge >= 0.3 is 5.97 Å². The summed E-state index contributed by atoms with van der Waals surface area (Å²) < 4.78 is 6.75. The highest BCUT2D eigenvalue weighted by atomic mass is 16.5. The van der Waals surface area contributed by atoms with Crippen LogP contribution in [0.1, 0.15) is 107 Å². The van der Waals surface area contributed by atoms with Gasteiger partial charge in [-0.15, -0.1) is 0 Å². The lowest BCUT2D eigenvalue weighted by Crippen LogP contribution is -2.51. The third-order valence-corrected chi connectivity index (χ3v) is 9.13. The van der Waals surface area contributed by atoms with Crippen molar-refractivity contribution in [3.8, 4) is 0 Å². The lowest BCUT2D eigenvalue weighted by atomic mass is 9.89. The molecule has 1 unspecified atom stereocenters. The summed E-state index contributed by atoms with van der Waals surface area (Å²) in [5.41, 5.74) is 0.870. The van der Waals surface area contributed by atoms with Crippen LogP contribution in [-0.2, 0) is 9.53 Å². The molecule has 4 atom stereocenters. The normalized spacial score (nSPS) is 25.3. The maximum Gasteiger partial charge on any atom is 0.328 e. The number of methoxy groups -OCH3 is 1. The van der Waals surface area contributed by atoms with Crippen molar-refractivity contribution < 1.29 is 14.3 Å². The fraction of sp³-hybridized carbons (Fsp3) is 0.677. The number of amides is 1. The SMILES string of the molecule is COC(=O)C(CC(C)C)NC(=O)c1nc2ccccc2n([C@H]2C[C@H]3CC[C@@H](C2)N3C2CCCCCCC2)c1=O. The minimum atomic E-state index is -0.827. The lowest BCUT2D eigenvalue weighted by Gasteiger charge is -2.45. The number of ether oxygens (including phenoxy) is 1. The van der Waals surface area contributed by atoms with Crippen LogP contribution in [0.4, 0.5) is 0 Å². The predicted octanol–water partition coefficient (Wildman–Crippen LogP) is 4.99. The summed E-state index contributed by atoms with van der Waals surface area (Å²) in [6.07, 6.45) is 13.9. The third kappa shape index (κ3) is 5.91. The molecule has 0 spiro atoms. The van der Waals surface area contributed by atoms with Gasteiger partial charge in [0, 0.05) is 24.2 Å². The van der Waals surface area contributed by atoms with Crippen LogP contribution in [0.15, 0.2) is 29.1 Å². The molecular weight excluding hydrogens is 492 g/mol. The predicted molar refractivity (Wildman–Crippen MR) is 152 cm³/mol. The number of hydrogen-bond donors (Lipinski definition) is 1. The molecule has 1 aromatic heterocycles. The topological polar surface area (TPSA) is 93.5 Å². The van der Waals surface area contributed by atoms with E-state index in [1.54, 1.807) is 0 Å². The zero-order valence-electron chi connectivity index (χ0n) is 23.7. The Hall–Kier alpha value is -2.74. The van der Waals surface area contributed by atoms with Gasteiger partial charge in [0.25, 0.3) is 11.5 Å². The van der Waals surface area contributed by atoms with Crippen molar-refractivity contribution in [3.05, 3.63) is 40.3 Å². The van der Waals surface area contributed by atoms with E-state index >= 15 is 0 Å². The van der Waals surface area contributed by atoms with Crippen molar-refractivity contribution >= 4 is 22.9 Å². The highest BCUT2D eigenvalue weighted by molar-refractivity contribution is 5.96. The Morgan fingerprint density at radius 1 is 0.949 bits per heavy atom. The molecule has 1 aliphatic carbocycles. The van der Waals surface area contributed by atoms with Gasteiger partial charge in [-0.05, 0) is 63.0 Å². The van der Waals surface area contributed by atoms with E-state index in [9.17, 15) is 14.4 Å². The van der Waals surface area contributed by atoms with E-state index in [1.807, 2.05) is 42.7 Å². The molecule has 39 heavy (non-hydrogen) atoms. The van der Waals surface area contributed by atoms with Crippen molar-refractivity contribution in [2.24, 2.45) is 5.92 Å². The summed E-state index contributed by atoms with van der Waals surface area (Å²) in [6, 6.07) is 8.39. The quantitative estimate of drug-likeness (QED) is 0.501. The molecule has 1 aromatic carbocycles. The van der Waals surface area contributed by atoms with E-state index in [4.69, 9.17) is 4.74 Å². The first-order valence-corrected chi connectivity index (χ1v) is 15.0. The van der Waals surface area contributed by atoms with Crippen LogP contribution in [-0.4, -0.2) is 57.6 Å². The molecule has 3 heterocycles. The third-order valence-electron chi connectivity index (χ3n) is 9.13. The molecule has 0 radical (unpaired) electrons.